The van der Waals surface area contributed by atoms with Crippen LogP contribution in [0.3, 0.4) is 0 Å². The Morgan fingerprint density at radius 2 is 1.55 bits per heavy atom. The fourth-order valence-electron chi connectivity index (χ4n) is 2.81. The van der Waals surface area contributed by atoms with Crippen LogP contribution in [-0.4, -0.2) is 25.7 Å². The highest BCUT2D eigenvalue weighted by Gasteiger charge is 2.05. The first-order chi connectivity index (χ1) is 14.1. The minimum Gasteiger partial charge on any atom is -0.490 e. The number of aryl methyl sites for hydroxylation is 2. The average molecular weight is 390 g/mol. The molecule has 3 aromatic carbocycles. The van der Waals surface area contributed by atoms with Gasteiger partial charge in [0.2, 0.25) is 5.91 Å². The van der Waals surface area contributed by atoms with E-state index in [2.05, 4.69) is 16.7 Å². The maximum Gasteiger partial charge on any atom is 0.243 e. The first kappa shape index (κ1) is 20.3. The molecule has 0 aliphatic heterocycles. The number of carbonyl (C=O) groups excluding carboxylic acids is 1. The van der Waals surface area contributed by atoms with Crippen LogP contribution in [0.15, 0.2) is 72.8 Å². The lowest BCUT2D eigenvalue weighted by Crippen LogP contribution is -2.22. The van der Waals surface area contributed by atoms with Gasteiger partial charge in [0.15, 0.2) is 0 Å². The second-order valence-electron chi connectivity index (χ2n) is 6.76. The molecule has 0 saturated heterocycles. The largest absolute Gasteiger partial charge is 0.490 e. The number of amides is 1. The summed E-state index contributed by atoms with van der Waals surface area (Å²) in [6.45, 7) is 5.10. The molecule has 5 nitrogen and oxygen atoms in total. The van der Waals surface area contributed by atoms with E-state index in [1.54, 1.807) is 6.07 Å². The van der Waals surface area contributed by atoms with Crippen LogP contribution in [-0.2, 0) is 4.79 Å². The number of rotatable bonds is 9. The van der Waals surface area contributed by atoms with Crippen molar-refractivity contribution < 1.29 is 14.3 Å². The van der Waals surface area contributed by atoms with Gasteiger partial charge in [-0.25, -0.2) is 0 Å². The maximum atomic E-state index is 12.3. The minimum absolute atomic E-state index is 0.115. The molecule has 0 aromatic heterocycles. The highest BCUT2D eigenvalue weighted by molar-refractivity contribution is 5.94. The van der Waals surface area contributed by atoms with Crippen LogP contribution in [0.4, 0.5) is 11.4 Å². The lowest BCUT2D eigenvalue weighted by Gasteiger charge is -2.12. The van der Waals surface area contributed by atoms with Gasteiger partial charge in [-0.3, -0.25) is 4.79 Å². The van der Waals surface area contributed by atoms with Gasteiger partial charge >= 0.3 is 0 Å². The summed E-state index contributed by atoms with van der Waals surface area (Å²) in [4.78, 5) is 12.3. The van der Waals surface area contributed by atoms with Crippen molar-refractivity contribution in [3.05, 3.63) is 83.9 Å². The van der Waals surface area contributed by atoms with Gasteiger partial charge in [-0.05, 0) is 55.3 Å². The Kier molecular flexibility index (Phi) is 7.11. The fourth-order valence-corrected chi connectivity index (χ4v) is 2.81. The molecular formula is C24H26N2O3. The smallest absolute Gasteiger partial charge is 0.243 e. The molecule has 5 heteroatoms. The molecule has 0 unspecified atom stereocenters. The van der Waals surface area contributed by atoms with E-state index in [0.717, 1.165) is 22.6 Å². The number of para-hydroxylation sites is 1. The number of hydrogen-bond donors (Lipinski definition) is 2. The Labute approximate surface area is 171 Å². The van der Waals surface area contributed by atoms with E-state index < -0.39 is 0 Å². The van der Waals surface area contributed by atoms with Gasteiger partial charge in [0.1, 0.15) is 24.7 Å². The van der Waals surface area contributed by atoms with Crippen molar-refractivity contribution in [2.24, 2.45) is 0 Å². The van der Waals surface area contributed by atoms with Gasteiger partial charge in [-0.15, -0.1) is 0 Å². The van der Waals surface area contributed by atoms with Gasteiger partial charge in [0.05, 0.1) is 6.54 Å². The Balaban J connectivity index is 1.45. The second-order valence-corrected chi connectivity index (χ2v) is 6.76. The van der Waals surface area contributed by atoms with Crippen LogP contribution in [0.5, 0.6) is 11.5 Å². The van der Waals surface area contributed by atoms with E-state index in [-0.39, 0.29) is 12.5 Å². The van der Waals surface area contributed by atoms with Crippen LogP contribution in [0.25, 0.3) is 0 Å². The van der Waals surface area contributed by atoms with Crippen molar-refractivity contribution in [2.75, 3.05) is 30.4 Å². The zero-order chi connectivity index (χ0) is 20.5. The highest BCUT2D eigenvalue weighted by atomic mass is 16.5. The molecule has 0 spiro atoms. The molecule has 0 bridgehead atoms. The number of ether oxygens (including phenoxy) is 2. The lowest BCUT2D eigenvalue weighted by molar-refractivity contribution is -0.114. The van der Waals surface area contributed by atoms with E-state index in [1.807, 2.05) is 74.5 Å². The van der Waals surface area contributed by atoms with Gasteiger partial charge < -0.3 is 20.1 Å². The highest BCUT2D eigenvalue weighted by Crippen LogP contribution is 2.18. The van der Waals surface area contributed by atoms with Crippen LogP contribution in [0.1, 0.15) is 11.1 Å². The third-order valence-corrected chi connectivity index (χ3v) is 4.31. The number of benzene rings is 3. The van der Waals surface area contributed by atoms with Crippen molar-refractivity contribution in [3.63, 3.8) is 0 Å². The maximum absolute atomic E-state index is 12.3. The second kappa shape index (κ2) is 10.2. The van der Waals surface area contributed by atoms with Gasteiger partial charge in [0, 0.05) is 17.4 Å². The van der Waals surface area contributed by atoms with Crippen molar-refractivity contribution in [1.29, 1.82) is 0 Å². The Morgan fingerprint density at radius 3 is 2.34 bits per heavy atom. The summed E-state index contributed by atoms with van der Waals surface area (Å²) in [5.74, 6) is 1.38. The van der Waals surface area contributed by atoms with Crippen LogP contribution in [0.2, 0.25) is 0 Å². The standard InChI is InChI=1S/C24H26N2O3/c1-18-11-12-19(2)23(15-18)25-17-24(27)26-20-7-6-10-22(16-20)29-14-13-28-21-8-4-3-5-9-21/h3-12,15-16,25H,13-14,17H2,1-2H3,(H,26,27). The summed E-state index contributed by atoms with van der Waals surface area (Å²) in [6, 6.07) is 23.1. The molecule has 0 fully saturated rings. The third kappa shape index (κ3) is 6.57. The molecule has 0 radical (unpaired) electrons. The number of nitrogens with one attached hydrogen (secondary N) is 2. The number of carbonyl (C=O) groups is 1. The normalized spacial score (nSPS) is 10.3. The van der Waals surface area contributed by atoms with Crippen molar-refractivity contribution in [1.82, 2.24) is 0 Å². The van der Waals surface area contributed by atoms with Crippen LogP contribution >= 0.6 is 0 Å². The SMILES string of the molecule is Cc1ccc(C)c(NCC(=O)Nc2cccc(OCCOc3ccccc3)c2)c1. The predicted octanol–water partition coefficient (Wildman–Crippen LogP) is 4.81. The average Bonchev–Trinajstić information content (AvgIpc) is 2.73. The summed E-state index contributed by atoms with van der Waals surface area (Å²) < 4.78 is 11.3. The molecule has 3 rings (SSSR count). The summed E-state index contributed by atoms with van der Waals surface area (Å²) >= 11 is 0. The number of anilines is 2. The fraction of sp³-hybridized carbons (Fsp3) is 0.208. The van der Waals surface area contributed by atoms with Crippen molar-refractivity contribution in [2.45, 2.75) is 13.8 Å². The summed E-state index contributed by atoms with van der Waals surface area (Å²) in [6.07, 6.45) is 0. The molecular weight excluding hydrogens is 364 g/mol. The third-order valence-electron chi connectivity index (χ3n) is 4.31. The first-order valence-corrected chi connectivity index (χ1v) is 9.62. The first-order valence-electron chi connectivity index (χ1n) is 9.62. The molecule has 0 aliphatic rings. The minimum atomic E-state index is -0.115. The molecule has 150 valence electrons. The molecule has 29 heavy (non-hydrogen) atoms. The summed E-state index contributed by atoms with van der Waals surface area (Å²) in [7, 11) is 0. The van der Waals surface area contributed by atoms with E-state index in [1.165, 1.54) is 0 Å². The molecule has 0 atom stereocenters. The van der Waals surface area contributed by atoms with E-state index in [9.17, 15) is 4.79 Å². The quantitative estimate of drug-likeness (QED) is 0.515. The molecule has 0 heterocycles. The van der Waals surface area contributed by atoms with Crippen LogP contribution in [0, 0.1) is 13.8 Å². The monoisotopic (exact) mass is 390 g/mol. The van der Waals surface area contributed by atoms with E-state index >= 15 is 0 Å². The summed E-state index contributed by atoms with van der Waals surface area (Å²) in [5.41, 5.74) is 3.92. The molecule has 3 aromatic rings. The van der Waals surface area contributed by atoms with Crippen LogP contribution < -0.4 is 20.1 Å². The van der Waals surface area contributed by atoms with Gasteiger partial charge in [-0.2, -0.15) is 0 Å². The zero-order valence-corrected chi connectivity index (χ0v) is 16.8. The van der Waals surface area contributed by atoms with Crippen molar-refractivity contribution in [3.8, 4) is 11.5 Å². The Morgan fingerprint density at radius 1 is 0.828 bits per heavy atom. The molecule has 0 saturated carbocycles. The zero-order valence-electron chi connectivity index (χ0n) is 16.8. The predicted molar refractivity (Wildman–Crippen MR) is 117 cm³/mol. The molecule has 1 amide bonds. The lowest BCUT2D eigenvalue weighted by atomic mass is 10.1. The molecule has 0 aliphatic carbocycles. The summed E-state index contributed by atoms with van der Waals surface area (Å²) in [5, 5.41) is 6.08. The number of hydrogen-bond acceptors (Lipinski definition) is 4. The van der Waals surface area contributed by atoms with E-state index in [0.29, 0.717) is 24.7 Å². The van der Waals surface area contributed by atoms with Gasteiger partial charge in [0.25, 0.3) is 0 Å². The Bertz CT molecular complexity index is 942. The Hall–Kier alpha value is -3.47. The van der Waals surface area contributed by atoms with Crippen molar-refractivity contribution >= 4 is 17.3 Å². The molecule has 2 N–H and O–H groups in total. The van der Waals surface area contributed by atoms with Gasteiger partial charge in [-0.1, -0.05) is 36.4 Å². The van der Waals surface area contributed by atoms with E-state index in [4.69, 9.17) is 9.47 Å². The topological polar surface area (TPSA) is 59.6 Å².